The second-order valence-corrected chi connectivity index (χ2v) is 6.09. The summed E-state index contributed by atoms with van der Waals surface area (Å²) < 4.78 is 7.71. The van der Waals surface area contributed by atoms with Gasteiger partial charge in [-0.1, -0.05) is 0 Å². The van der Waals surface area contributed by atoms with Crippen molar-refractivity contribution in [1.82, 2.24) is 19.4 Å². The molecule has 0 aromatic carbocycles. The molecule has 122 valence electrons. The summed E-state index contributed by atoms with van der Waals surface area (Å²) >= 11 is 0. The number of ether oxygens (including phenoxy) is 1. The lowest BCUT2D eigenvalue weighted by Crippen LogP contribution is -2.41. The standard InChI is InChI=1S/C16H26N4O2/c1-2-19-9-6-17-15(19)13-18-7-4-8-20(11-10-18)16(21)14-5-3-12-22-14/h6,9,14H,2-5,7-8,10-13H2,1H3/t14-/m0/s1. The normalized spacial score (nSPS) is 23.7. The van der Waals surface area contributed by atoms with E-state index in [1.165, 1.54) is 0 Å². The molecule has 0 unspecified atom stereocenters. The molecule has 3 heterocycles. The summed E-state index contributed by atoms with van der Waals surface area (Å²) in [5.74, 6) is 1.30. The van der Waals surface area contributed by atoms with Crippen molar-refractivity contribution in [2.45, 2.75) is 45.4 Å². The van der Waals surface area contributed by atoms with Crippen molar-refractivity contribution in [1.29, 1.82) is 0 Å². The Bertz CT molecular complexity index is 496. The van der Waals surface area contributed by atoms with Crippen molar-refractivity contribution < 1.29 is 9.53 Å². The molecule has 1 amide bonds. The molecule has 6 nitrogen and oxygen atoms in total. The van der Waals surface area contributed by atoms with E-state index in [0.717, 1.165) is 71.0 Å². The Morgan fingerprint density at radius 1 is 1.32 bits per heavy atom. The Balaban J connectivity index is 1.54. The highest BCUT2D eigenvalue weighted by molar-refractivity contribution is 5.81. The first kappa shape index (κ1) is 15.5. The van der Waals surface area contributed by atoms with Gasteiger partial charge in [0.25, 0.3) is 5.91 Å². The van der Waals surface area contributed by atoms with Gasteiger partial charge in [0.1, 0.15) is 11.9 Å². The van der Waals surface area contributed by atoms with Crippen molar-refractivity contribution in [2.75, 3.05) is 32.8 Å². The van der Waals surface area contributed by atoms with Crippen LogP contribution < -0.4 is 0 Å². The minimum Gasteiger partial charge on any atom is -0.368 e. The van der Waals surface area contributed by atoms with Gasteiger partial charge in [0.2, 0.25) is 0 Å². The molecule has 6 heteroatoms. The van der Waals surface area contributed by atoms with E-state index in [4.69, 9.17) is 4.74 Å². The molecule has 1 aromatic rings. The van der Waals surface area contributed by atoms with Crippen molar-refractivity contribution >= 4 is 5.91 Å². The van der Waals surface area contributed by atoms with Gasteiger partial charge in [-0.15, -0.1) is 0 Å². The molecule has 2 aliphatic rings. The molecule has 0 saturated carbocycles. The zero-order valence-electron chi connectivity index (χ0n) is 13.4. The predicted octanol–water partition coefficient (Wildman–Crippen LogP) is 1.12. The summed E-state index contributed by atoms with van der Waals surface area (Å²) in [7, 11) is 0. The van der Waals surface area contributed by atoms with Gasteiger partial charge in [-0.05, 0) is 26.2 Å². The van der Waals surface area contributed by atoms with E-state index in [9.17, 15) is 4.79 Å². The lowest BCUT2D eigenvalue weighted by molar-refractivity contribution is -0.140. The number of imidazole rings is 1. The monoisotopic (exact) mass is 306 g/mol. The molecular weight excluding hydrogens is 280 g/mol. The zero-order valence-corrected chi connectivity index (χ0v) is 13.4. The summed E-state index contributed by atoms with van der Waals surface area (Å²) in [6, 6.07) is 0. The minimum atomic E-state index is -0.189. The molecule has 22 heavy (non-hydrogen) atoms. The third-order valence-corrected chi connectivity index (χ3v) is 4.61. The summed E-state index contributed by atoms with van der Waals surface area (Å²) in [6.45, 7) is 8.26. The van der Waals surface area contributed by atoms with Crippen molar-refractivity contribution in [3.05, 3.63) is 18.2 Å². The van der Waals surface area contributed by atoms with Crippen LogP contribution in [0, 0.1) is 0 Å². The van der Waals surface area contributed by atoms with Gasteiger partial charge in [0.15, 0.2) is 0 Å². The molecule has 1 aromatic heterocycles. The van der Waals surface area contributed by atoms with Gasteiger partial charge in [-0.25, -0.2) is 4.98 Å². The third kappa shape index (κ3) is 3.50. The van der Waals surface area contributed by atoms with Crippen LogP contribution in [-0.4, -0.2) is 64.1 Å². The van der Waals surface area contributed by atoms with Crippen LogP contribution in [0.15, 0.2) is 12.4 Å². The number of carbonyl (C=O) groups excluding carboxylic acids is 1. The lowest BCUT2D eigenvalue weighted by atomic mass is 10.2. The number of aromatic nitrogens is 2. The van der Waals surface area contributed by atoms with Crippen LogP contribution in [0.1, 0.15) is 32.0 Å². The minimum absolute atomic E-state index is 0.189. The van der Waals surface area contributed by atoms with E-state index in [-0.39, 0.29) is 12.0 Å². The highest BCUT2D eigenvalue weighted by Crippen LogP contribution is 2.16. The fourth-order valence-corrected chi connectivity index (χ4v) is 3.31. The van der Waals surface area contributed by atoms with E-state index in [0.29, 0.717) is 0 Å². The Morgan fingerprint density at radius 2 is 2.23 bits per heavy atom. The van der Waals surface area contributed by atoms with Crippen LogP contribution in [0.3, 0.4) is 0 Å². The second-order valence-electron chi connectivity index (χ2n) is 6.09. The van der Waals surface area contributed by atoms with Crippen molar-refractivity contribution in [3.8, 4) is 0 Å². The van der Waals surface area contributed by atoms with Gasteiger partial charge in [-0.3, -0.25) is 9.69 Å². The van der Waals surface area contributed by atoms with E-state index in [2.05, 4.69) is 21.4 Å². The number of aryl methyl sites for hydroxylation is 1. The number of hydrogen-bond acceptors (Lipinski definition) is 4. The first-order valence-electron chi connectivity index (χ1n) is 8.40. The van der Waals surface area contributed by atoms with Crippen LogP contribution in [0.4, 0.5) is 0 Å². The maximum Gasteiger partial charge on any atom is 0.251 e. The Kier molecular flexibility index (Phi) is 5.10. The number of nitrogens with zero attached hydrogens (tertiary/aromatic N) is 4. The van der Waals surface area contributed by atoms with Gasteiger partial charge in [-0.2, -0.15) is 0 Å². The Labute approximate surface area is 132 Å². The van der Waals surface area contributed by atoms with Gasteiger partial charge < -0.3 is 14.2 Å². The summed E-state index contributed by atoms with van der Waals surface area (Å²) in [5.41, 5.74) is 0. The van der Waals surface area contributed by atoms with Crippen LogP contribution in [0.25, 0.3) is 0 Å². The van der Waals surface area contributed by atoms with Gasteiger partial charge in [0.05, 0.1) is 6.54 Å². The quantitative estimate of drug-likeness (QED) is 0.836. The fraction of sp³-hybridized carbons (Fsp3) is 0.750. The smallest absolute Gasteiger partial charge is 0.251 e. The number of hydrogen-bond donors (Lipinski definition) is 0. The van der Waals surface area contributed by atoms with Crippen LogP contribution in [0.5, 0.6) is 0 Å². The van der Waals surface area contributed by atoms with E-state index >= 15 is 0 Å². The maximum atomic E-state index is 12.4. The molecule has 2 fully saturated rings. The van der Waals surface area contributed by atoms with E-state index < -0.39 is 0 Å². The lowest BCUT2D eigenvalue weighted by Gasteiger charge is -2.24. The van der Waals surface area contributed by atoms with E-state index in [1.807, 2.05) is 17.3 Å². The molecule has 1 atom stereocenters. The van der Waals surface area contributed by atoms with Crippen molar-refractivity contribution in [3.63, 3.8) is 0 Å². The van der Waals surface area contributed by atoms with Crippen molar-refractivity contribution in [2.24, 2.45) is 0 Å². The summed E-state index contributed by atoms with van der Waals surface area (Å²) in [4.78, 5) is 21.3. The maximum absolute atomic E-state index is 12.4. The first-order valence-corrected chi connectivity index (χ1v) is 8.40. The topological polar surface area (TPSA) is 50.6 Å². The first-order chi connectivity index (χ1) is 10.8. The average molecular weight is 306 g/mol. The zero-order chi connectivity index (χ0) is 15.4. The third-order valence-electron chi connectivity index (χ3n) is 4.61. The molecule has 3 rings (SSSR count). The Morgan fingerprint density at radius 3 is 3.00 bits per heavy atom. The molecular formula is C16H26N4O2. The molecule has 2 saturated heterocycles. The molecule has 0 spiro atoms. The summed E-state index contributed by atoms with van der Waals surface area (Å²) in [6.07, 6.45) is 6.61. The van der Waals surface area contributed by atoms with Gasteiger partial charge in [0, 0.05) is 51.7 Å². The number of carbonyl (C=O) groups is 1. The molecule has 0 radical (unpaired) electrons. The van der Waals surface area contributed by atoms with Gasteiger partial charge >= 0.3 is 0 Å². The largest absolute Gasteiger partial charge is 0.368 e. The summed E-state index contributed by atoms with van der Waals surface area (Å²) in [5, 5.41) is 0. The molecule has 0 N–H and O–H groups in total. The van der Waals surface area contributed by atoms with Crippen LogP contribution >= 0.6 is 0 Å². The molecule has 2 aliphatic heterocycles. The second kappa shape index (κ2) is 7.24. The predicted molar refractivity (Wildman–Crippen MR) is 83.3 cm³/mol. The highest BCUT2D eigenvalue weighted by Gasteiger charge is 2.29. The SMILES string of the molecule is CCn1ccnc1CN1CCCN(C(=O)[C@@H]2CCCO2)CC1. The molecule has 0 bridgehead atoms. The average Bonchev–Trinajstić information content (AvgIpc) is 3.15. The van der Waals surface area contributed by atoms with Crippen LogP contribution in [0.2, 0.25) is 0 Å². The molecule has 0 aliphatic carbocycles. The number of amides is 1. The Hall–Kier alpha value is -1.40. The number of rotatable bonds is 4. The van der Waals surface area contributed by atoms with E-state index in [1.54, 1.807) is 0 Å². The highest BCUT2D eigenvalue weighted by atomic mass is 16.5. The fourth-order valence-electron chi connectivity index (χ4n) is 3.31. The van der Waals surface area contributed by atoms with Crippen LogP contribution in [-0.2, 0) is 22.6 Å².